The van der Waals surface area contributed by atoms with Crippen molar-refractivity contribution in [2.75, 3.05) is 6.16 Å². The summed E-state index contributed by atoms with van der Waals surface area (Å²) in [5.74, 6) is 1.99. The van der Waals surface area contributed by atoms with Gasteiger partial charge in [-0.1, -0.05) is 65.0 Å². The molecule has 4 heteroatoms. The van der Waals surface area contributed by atoms with Crippen LogP contribution in [0.2, 0.25) is 0 Å². The molecule has 5 atom stereocenters. The highest BCUT2D eigenvalue weighted by molar-refractivity contribution is 7.42. The lowest BCUT2D eigenvalue weighted by molar-refractivity contribution is 0.636. The quantitative estimate of drug-likeness (QED) is 0.267. The molecule has 0 bridgehead atoms. The molecule has 0 aromatic heterocycles. The number of allylic oxidation sites excluding steroid dienone is 8. The molecule has 0 spiro atoms. The fourth-order valence-electron chi connectivity index (χ4n) is 3.70. The minimum absolute atomic E-state index is 0.0133. The standard InChI is InChI=1S/C28H40N3P/c1-20(10-8-11-21(2)19-29)18-24(5)22(3)14-15-23(4)28-30-25(6)16-17-32-26(7)31(28)27-12-9-13-27/h8-9,11-13,15,18,20-22,25,32H,7,10,14,16-17H2,1-6H3/b11-8-,23-15+,24-18+,30-28?. The molecule has 0 saturated carbocycles. The summed E-state index contributed by atoms with van der Waals surface area (Å²) >= 11 is 0. The number of hydrogen-bond acceptors (Lipinski definition) is 3. The van der Waals surface area contributed by atoms with Crippen LogP contribution in [0, 0.1) is 29.1 Å². The molecule has 172 valence electrons. The predicted molar refractivity (Wildman–Crippen MR) is 142 cm³/mol. The van der Waals surface area contributed by atoms with Gasteiger partial charge >= 0.3 is 0 Å². The van der Waals surface area contributed by atoms with Crippen LogP contribution in [0.1, 0.15) is 60.8 Å². The zero-order valence-electron chi connectivity index (χ0n) is 20.7. The van der Waals surface area contributed by atoms with E-state index in [1.54, 1.807) is 0 Å². The van der Waals surface area contributed by atoms with E-state index < -0.39 is 0 Å². The minimum Gasteiger partial charge on any atom is -0.296 e. The summed E-state index contributed by atoms with van der Waals surface area (Å²) in [6.45, 7) is 17.5. The van der Waals surface area contributed by atoms with Crippen LogP contribution in [0.15, 0.2) is 76.4 Å². The topological polar surface area (TPSA) is 39.4 Å². The minimum atomic E-state index is -0.0133. The van der Waals surface area contributed by atoms with E-state index in [0.717, 1.165) is 45.3 Å². The van der Waals surface area contributed by atoms with Gasteiger partial charge in [0.1, 0.15) is 5.84 Å². The van der Waals surface area contributed by atoms with Crippen LogP contribution < -0.4 is 0 Å². The molecule has 2 rings (SSSR count). The molecule has 5 unspecified atom stereocenters. The van der Waals surface area contributed by atoms with Crippen molar-refractivity contribution in [1.82, 2.24) is 4.90 Å². The van der Waals surface area contributed by atoms with Gasteiger partial charge in [-0.3, -0.25) is 9.89 Å². The van der Waals surface area contributed by atoms with Gasteiger partial charge in [-0.2, -0.15) is 5.26 Å². The Morgan fingerprint density at radius 3 is 2.69 bits per heavy atom. The van der Waals surface area contributed by atoms with Gasteiger partial charge in [0.2, 0.25) is 0 Å². The number of amidine groups is 1. The molecule has 0 amide bonds. The lowest BCUT2D eigenvalue weighted by Crippen LogP contribution is -2.32. The first-order valence-electron chi connectivity index (χ1n) is 11.8. The summed E-state index contributed by atoms with van der Waals surface area (Å²) in [5, 5.41) is 8.90. The molecular formula is C28H40N3P. The van der Waals surface area contributed by atoms with Crippen LogP contribution in [0.3, 0.4) is 0 Å². The van der Waals surface area contributed by atoms with Crippen LogP contribution in [-0.4, -0.2) is 22.9 Å². The van der Waals surface area contributed by atoms with Gasteiger partial charge in [0.15, 0.2) is 0 Å². The Labute approximate surface area is 197 Å². The van der Waals surface area contributed by atoms with Crippen molar-refractivity contribution in [3.63, 3.8) is 0 Å². The molecular weight excluding hydrogens is 409 g/mol. The number of rotatable bonds is 9. The van der Waals surface area contributed by atoms with E-state index >= 15 is 0 Å². The van der Waals surface area contributed by atoms with Gasteiger partial charge < -0.3 is 0 Å². The average Bonchev–Trinajstić information content (AvgIpc) is 2.71. The van der Waals surface area contributed by atoms with Crippen molar-refractivity contribution in [3.05, 3.63) is 71.4 Å². The first-order chi connectivity index (χ1) is 15.2. The molecule has 1 aliphatic carbocycles. The number of hydrogen-bond donors (Lipinski definition) is 0. The Morgan fingerprint density at radius 2 is 2.06 bits per heavy atom. The Balaban J connectivity index is 2.09. The van der Waals surface area contributed by atoms with Crippen LogP contribution in [0.5, 0.6) is 0 Å². The third-order valence-corrected chi connectivity index (χ3v) is 7.27. The zero-order chi connectivity index (χ0) is 23.7. The van der Waals surface area contributed by atoms with Crippen molar-refractivity contribution in [1.29, 1.82) is 5.26 Å². The highest BCUT2D eigenvalue weighted by Crippen LogP contribution is 2.35. The largest absolute Gasteiger partial charge is 0.296 e. The molecule has 0 radical (unpaired) electrons. The summed E-state index contributed by atoms with van der Waals surface area (Å²) in [5.41, 5.74) is 5.01. The molecule has 0 N–H and O–H groups in total. The van der Waals surface area contributed by atoms with E-state index in [1.165, 1.54) is 16.8 Å². The van der Waals surface area contributed by atoms with Crippen LogP contribution in [-0.2, 0) is 0 Å². The Kier molecular flexibility index (Phi) is 10.4. The van der Waals surface area contributed by atoms with Crippen LogP contribution in [0.4, 0.5) is 0 Å². The van der Waals surface area contributed by atoms with Gasteiger partial charge in [-0.05, 0) is 82.7 Å². The Hall–Kier alpha value is -2.17. The summed E-state index contributed by atoms with van der Waals surface area (Å²) in [6, 6.07) is 2.58. The normalized spacial score (nSPS) is 23.7. The first kappa shape index (κ1) is 26.1. The summed E-state index contributed by atoms with van der Waals surface area (Å²) in [7, 11) is 0.743. The maximum Gasteiger partial charge on any atom is 0.135 e. The highest BCUT2D eigenvalue weighted by Gasteiger charge is 2.23. The third-order valence-electron chi connectivity index (χ3n) is 6.10. The van der Waals surface area contributed by atoms with Crippen molar-refractivity contribution in [2.24, 2.45) is 22.7 Å². The van der Waals surface area contributed by atoms with Crippen LogP contribution in [0.25, 0.3) is 0 Å². The van der Waals surface area contributed by atoms with Gasteiger partial charge in [0.25, 0.3) is 0 Å². The average molecular weight is 450 g/mol. The fraction of sp³-hybridized carbons (Fsp3) is 0.500. The van der Waals surface area contributed by atoms with Gasteiger partial charge in [0.05, 0.1) is 12.0 Å². The van der Waals surface area contributed by atoms with Crippen LogP contribution >= 0.6 is 8.58 Å². The predicted octanol–water partition coefficient (Wildman–Crippen LogP) is 7.74. The molecule has 0 aromatic carbocycles. The van der Waals surface area contributed by atoms with E-state index in [4.69, 9.17) is 10.3 Å². The molecule has 0 fully saturated rings. The number of nitriles is 1. The maximum absolute atomic E-state index is 8.90. The van der Waals surface area contributed by atoms with Gasteiger partial charge in [0, 0.05) is 17.2 Å². The second kappa shape index (κ2) is 12.8. The Morgan fingerprint density at radius 1 is 1.34 bits per heavy atom. The fourth-order valence-corrected chi connectivity index (χ4v) is 4.95. The van der Waals surface area contributed by atoms with E-state index in [0.29, 0.717) is 17.9 Å². The van der Waals surface area contributed by atoms with E-state index in [2.05, 4.69) is 88.6 Å². The van der Waals surface area contributed by atoms with E-state index in [1.807, 2.05) is 13.0 Å². The number of nitrogens with zero attached hydrogens (tertiary/aromatic N) is 3. The molecule has 32 heavy (non-hydrogen) atoms. The molecule has 2 aliphatic rings. The Bertz CT molecular complexity index is 894. The molecule has 0 aromatic rings. The van der Waals surface area contributed by atoms with Gasteiger partial charge in [-0.25, -0.2) is 0 Å². The zero-order valence-corrected chi connectivity index (χ0v) is 21.7. The third kappa shape index (κ3) is 7.75. The summed E-state index contributed by atoms with van der Waals surface area (Å²) < 4.78 is 0. The number of aliphatic imine (C=N–C) groups is 1. The highest BCUT2D eigenvalue weighted by atomic mass is 31.1. The first-order valence-corrected chi connectivity index (χ1v) is 13.0. The SMILES string of the molecule is C=C1PCCC(C)N=C(/C(C)=C/CC(C)/C(C)=C/C(C)C/C=C\C(C)C#N)N1C1=CC=C1. The second-order valence-corrected chi connectivity index (χ2v) is 10.7. The molecule has 3 nitrogen and oxygen atoms in total. The maximum atomic E-state index is 8.90. The lowest BCUT2D eigenvalue weighted by Gasteiger charge is -2.33. The second-order valence-electron chi connectivity index (χ2n) is 9.24. The molecule has 1 heterocycles. The summed E-state index contributed by atoms with van der Waals surface area (Å²) in [4.78, 5) is 7.36. The van der Waals surface area contributed by atoms with Crippen molar-refractivity contribution in [3.8, 4) is 6.07 Å². The smallest absolute Gasteiger partial charge is 0.135 e. The van der Waals surface area contributed by atoms with Crippen molar-refractivity contribution < 1.29 is 0 Å². The van der Waals surface area contributed by atoms with E-state index in [9.17, 15) is 0 Å². The van der Waals surface area contributed by atoms with Crippen molar-refractivity contribution >= 4 is 14.4 Å². The summed E-state index contributed by atoms with van der Waals surface area (Å²) in [6.07, 6.45) is 19.5. The van der Waals surface area contributed by atoms with Gasteiger partial charge in [-0.15, -0.1) is 0 Å². The lowest BCUT2D eigenvalue weighted by atomic mass is 9.93. The molecule has 1 aliphatic heterocycles. The monoisotopic (exact) mass is 449 g/mol. The van der Waals surface area contributed by atoms with Crippen molar-refractivity contribution in [2.45, 2.75) is 66.8 Å². The van der Waals surface area contributed by atoms with E-state index in [-0.39, 0.29) is 5.92 Å². The molecule has 0 saturated heterocycles.